The van der Waals surface area contributed by atoms with Crippen molar-refractivity contribution in [2.45, 2.75) is 30.2 Å². The number of hydrogen-bond acceptors (Lipinski definition) is 7. The minimum absolute atomic E-state index is 0.0622. The van der Waals surface area contributed by atoms with Crippen molar-refractivity contribution >= 4 is 32.5 Å². The minimum atomic E-state index is -3.69. The van der Waals surface area contributed by atoms with E-state index in [0.29, 0.717) is 5.58 Å². The Labute approximate surface area is 180 Å². The molecule has 160 valence electrons. The highest BCUT2D eigenvalue weighted by Gasteiger charge is 2.18. The summed E-state index contributed by atoms with van der Waals surface area (Å²) >= 11 is 0. The molecule has 0 fully saturated rings. The first-order valence-corrected chi connectivity index (χ1v) is 11.1. The van der Waals surface area contributed by atoms with Crippen LogP contribution in [0.3, 0.4) is 0 Å². The fourth-order valence-corrected chi connectivity index (χ4v) is 3.94. The van der Waals surface area contributed by atoms with Crippen molar-refractivity contribution < 1.29 is 17.6 Å². The van der Waals surface area contributed by atoms with Crippen LogP contribution in [0.25, 0.3) is 11.0 Å². The third-order valence-corrected chi connectivity index (χ3v) is 6.06. The maximum Gasteiger partial charge on any atom is 0.287 e. The van der Waals surface area contributed by atoms with Crippen molar-refractivity contribution in [3.8, 4) is 0 Å². The number of nitrogens with zero attached hydrogens (tertiary/aromatic N) is 2. The van der Waals surface area contributed by atoms with Crippen molar-refractivity contribution in [2.24, 2.45) is 0 Å². The number of carbonyl (C=O) groups is 1. The lowest BCUT2D eigenvalue weighted by atomic mass is 10.2. The quantitative estimate of drug-likeness (QED) is 0.487. The van der Waals surface area contributed by atoms with E-state index in [1.54, 1.807) is 36.7 Å². The summed E-state index contributed by atoms with van der Waals surface area (Å²) < 4.78 is 30.7. The number of furan rings is 1. The lowest BCUT2D eigenvalue weighted by Gasteiger charge is -2.07. The Bertz CT molecular complexity index is 1250. The van der Waals surface area contributed by atoms with Crippen molar-refractivity contribution in [2.75, 3.05) is 5.73 Å². The maximum absolute atomic E-state index is 12.6. The van der Waals surface area contributed by atoms with Crippen LogP contribution in [0.2, 0.25) is 0 Å². The van der Waals surface area contributed by atoms with Gasteiger partial charge in [-0.05, 0) is 42.0 Å². The molecule has 3 heterocycles. The van der Waals surface area contributed by atoms with Gasteiger partial charge in [-0.1, -0.05) is 26.0 Å². The topological polar surface area (TPSA) is 128 Å². The number of nitrogens with one attached hydrogen (secondary N) is 1. The number of carbonyl (C=O) groups excluding carboxylic acids is 1. The van der Waals surface area contributed by atoms with Crippen molar-refractivity contribution in [3.63, 3.8) is 0 Å². The molecule has 0 aliphatic heterocycles. The molecule has 4 aromatic rings. The van der Waals surface area contributed by atoms with Crippen LogP contribution in [0.15, 0.2) is 81.3 Å². The van der Waals surface area contributed by atoms with Gasteiger partial charge in [-0.2, -0.15) is 0 Å². The van der Waals surface area contributed by atoms with Crippen LogP contribution in [0.5, 0.6) is 0 Å². The number of anilines is 1. The van der Waals surface area contributed by atoms with Gasteiger partial charge in [0, 0.05) is 24.3 Å². The number of aromatic nitrogens is 2. The van der Waals surface area contributed by atoms with Gasteiger partial charge in [0.1, 0.15) is 5.82 Å². The Morgan fingerprint density at radius 2 is 1.74 bits per heavy atom. The van der Waals surface area contributed by atoms with Crippen molar-refractivity contribution in [3.05, 3.63) is 78.4 Å². The van der Waals surface area contributed by atoms with E-state index in [-0.39, 0.29) is 33.8 Å². The number of benzene rings is 1. The second-order valence-corrected chi connectivity index (χ2v) is 8.22. The van der Waals surface area contributed by atoms with Crippen LogP contribution in [-0.4, -0.2) is 24.3 Å². The molecule has 0 atom stereocenters. The standard InChI is InChI=1S/C20H16N4O4S.C2H6/c21-19-6-5-16(11-23-19)29(26,27)15-3-1-13(2-4-15)10-24-20(25)17-9-14-7-8-22-12-18(14)28-17;1-2/h1-9,11-12H,10H2,(H2,21,23)(H,24,25);1-2H3. The smallest absolute Gasteiger partial charge is 0.287 e. The van der Waals surface area contributed by atoms with Crippen LogP contribution in [0.1, 0.15) is 30.0 Å². The Morgan fingerprint density at radius 1 is 1.03 bits per heavy atom. The SMILES string of the molecule is CC.Nc1ccc(S(=O)(=O)c2ccc(CNC(=O)c3cc4ccncc4o3)cc2)cn1. The predicted octanol–water partition coefficient (Wildman–Crippen LogP) is 3.59. The summed E-state index contributed by atoms with van der Waals surface area (Å²) in [6, 6.07) is 12.5. The molecule has 8 nitrogen and oxygen atoms in total. The monoisotopic (exact) mass is 438 g/mol. The summed E-state index contributed by atoms with van der Waals surface area (Å²) in [4.78, 5) is 20.2. The van der Waals surface area contributed by atoms with E-state index in [1.807, 2.05) is 13.8 Å². The number of fused-ring (bicyclic) bond motifs is 1. The Kier molecular flexibility index (Phi) is 6.66. The van der Waals surface area contributed by atoms with Gasteiger partial charge in [0.25, 0.3) is 5.91 Å². The van der Waals surface area contributed by atoms with Crippen LogP contribution in [0.4, 0.5) is 5.82 Å². The molecule has 0 aliphatic rings. The van der Waals surface area contributed by atoms with Gasteiger partial charge in [0.2, 0.25) is 9.84 Å². The zero-order valence-electron chi connectivity index (χ0n) is 17.1. The van der Waals surface area contributed by atoms with Crippen LogP contribution in [0, 0.1) is 0 Å². The van der Waals surface area contributed by atoms with Gasteiger partial charge in [0.15, 0.2) is 11.3 Å². The molecule has 31 heavy (non-hydrogen) atoms. The first-order valence-electron chi connectivity index (χ1n) is 9.61. The van der Waals surface area contributed by atoms with Crippen LogP contribution in [-0.2, 0) is 16.4 Å². The number of nitrogens with two attached hydrogens (primary N) is 1. The first kappa shape index (κ1) is 22.0. The lowest BCUT2D eigenvalue weighted by Crippen LogP contribution is -2.22. The largest absolute Gasteiger partial charge is 0.449 e. The van der Waals surface area contributed by atoms with Gasteiger partial charge in [-0.25, -0.2) is 13.4 Å². The van der Waals surface area contributed by atoms with Crippen molar-refractivity contribution in [1.82, 2.24) is 15.3 Å². The molecule has 3 aromatic heterocycles. The second kappa shape index (κ2) is 9.40. The zero-order chi connectivity index (χ0) is 22.4. The van der Waals surface area contributed by atoms with Crippen LogP contribution >= 0.6 is 0 Å². The summed E-state index contributed by atoms with van der Waals surface area (Å²) in [5, 5.41) is 3.53. The van der Waals surface area contributed by atoms with Gasteiger partial charge in [-0.3, -0.25) is 9.78 Å². The summed E-state index contributed by atoms with van der Waals surface area (Å²) in [6.07, 6.45) is 4.39. The fraction of sp³-hybridized carbons (Fsp3) is 0.136. The second-order valence-electron chi connectivity index (χ2n) is 6.27. The third kappa shape index (κ3) is 4.89. The molecule has 0 spiro atoms. The number of hydrogen-bond donors (Lipinski definition) is 2. The van der Waals surface area contributed by atoms with E-state index in [0.717, 1.165) is 10.9 Å². The third-order valence-electron chi connectivity index (χ3n) is 4.30. The predicted molar refractivity (Wildman–Crippen MR) is 117 cm³/mol. The number of pyridine rings is 2. The number of amides is 1. The number of sulfone groups is 1. The normalized spacial score (nSPS) is 10.9. The van der Waals surface area contributed by atoms with E-state index in [9.17, 15) is 13.2 Å². The van der Waals surface area contributed by atoms with E-state index in [1.165, 1.54) is 30.5 Å². The highest BCUT2D eigenvalue weighted by molar-refractivity contribution is 7.91. The molecule has 1 amide bonds. The highest BCUT2D eigenvalue weighted by atomic mass is 32.2. The Balaban J connectivity index is 0.00000132. The molecule has 3 N–H and O–H groups in total. The number of rotatable bonds is 5. The van der Waals surface area contributed by atoms with Gasteiger partial charge < -0.3 is 15.5 Å². The molecular weight excluding hydrogens is 416 g/mol. The fourth-order valence-electron chi connectivity index (χ4n) is 2.74. The summed E-state index contributed by atoms with van der Waals surface area (Å²) in [5.74, 6) is 0.0599. The average molecular weight is 439 g/mol. The summed E-state index contributed by atoms with van der Waals surface area (Å²) in [5.41, 5.74) is 6.77. The van der Waals surface area contributed by atoms with Gasteiger partial charge >= 0.3 is 0 Å². The average Bonchev–Trinajstić information content (AvgIpc) is 3.24. The molecule has 0 radical (unpaired) electrons. The molecule has 1 aromatic carbocycles. The molecule has 0 saturated carbocycles. The summed E-state index contributed by atoms with van der Waals surface area (Å²) in [7, 11) is -3.69. The highest BCUT2D eigenvalue weighted by Crippen LogP contribution is 2.21. The number of nitrogen functional groups attached to an aromatic ring is 1. The Hall–Kier alpha value is -3.72. The molecular formula is C22H22N4O4S. The van der Waals surface area contributed by atoms with Crippen LogP contribution < -0.4 is 11.1 Å². The first-order chi connectivity index (χ1) is 14.9. The van der Waals surface area contributed by atoms with E-state index in [2.05, 4.69) is 15.3 Å². The van der Waals surface area contributed by atoms with Gasteiger partial charge in [0.05, 0.1) is 16.0 Å². The van der Waals surface area contributed by atoms with E-state index >= 15 is 0 Å². The van der Waals surface area contributed by atoms with E-state index < -0.39 is 9.84 Å². The van der Waals surface area contributed by atoms with Gasteiger partial charge in [-0.15, -0.1) is 0 Å². The molecule has 4 rings (SSSR count). The molecule has 0 bridgehead atoms. The minimum Gasteiger partial charge on any atom is -0.449 e. The maximum atomic E-state index is 12.6. The molecule has 0 saturated heterocycles. The lowest BCUT2D eigenvalue weighted by molar-refractivity contribution is 0.0925. The molecule has 0 aliphatic carbocycles. The molecule has 9 heteroatoms. The Morgan fingerprint density at radius 3 is 2.39 bits per heavy atom. The van der Waals surface area contributed by atoms with Crippen molar-refractivity contribution in [1.29, 1.82) is 0 Å². The molecule has 0 unspecified atom stereocenters. The zero-order valence-corrected chi connectivity index (χ0v) is 17.9. The summed E-state index contributed by atoms with van der Waals surface area (Å²) in [6.45, 7) is 4.22. The van der Waals surface area contributed by atoms with E-state index in [4.69, 9.17) is 10.2 Å².